The van der Waals surface area contributed by atoms with E-state index in [1.165, 1.54) is 36.8 Å². The molecule has 0 saturated heterocycles. The van der Waals surface area contributed by atoms with Gasteiger partial charge in [-0.15, -0.1) is 0 Å². The Kier molecular flexibility index (Phi) is 7.43. The van der Waals surface area contributed by atoms with Crippen LogP contribution >= 0.6 is 0 Å². The average molecular weight is 529 g/mol. The standard InChI is InChI=1S/C34H36N6/c1-22-8-6-11-27(16-22)29-12-7-13-31-33(29)38-34(37-31)32-24(3)30(39-40-32)15-14-23(2)28-17-26(20-36-21-28)19-35-18-25-9-4-5-10-25/h6-8,11-17,20-21,25,35,39H,3-5,9-10,18-19H2,1-2H3,(H,37,38)/b23-14+,30-15+. The molecule has 2 aromatic carbocycles. The van der Waals surface area contributed by atoms with E-state index in [4.69, 9.17) is 4.98 Å². The van der Waals surface area contributed by atoms with Gasteiger partial charge in [-0.05, 0) is 79.6 Å². The minimum Gasteiger partial charge on any atom is -0.337 e. The summed E-state index contributed by atoms with van der Waals surface area (Å²) >= 11 is 0. The highest BCUT2D eigenvalue weighted by Gasteiger charge is 2.15. The number of pyridine rings is 1. The van der Waals surface area contributed by atoms with Gasteiger partial charge in [-0.1, -0.05) is 67.5 Å². The molecule has 0 unspecified atom stereocenters. The third kappa shape index (κ3) is 5.54. The van der Waals surface area contributed by atoms with Crippen molar-refractivity contribution in [3.05, 3.63) is 94.3 Å². The second-order valence-corrected chi connectivity index (χ2v) is 11.0. The number of nitrogens with zero attached hydrogens (tertiary/aromatic N) is 3. The molecule has 3 N–H and O–H groups in total. The molecule has 1 aliphatic carbocycles. The number of H-pyrrole nitrogens is 2. The maximum atomic E-state index is 4.94. The average Bonchev–Trinajstić information content (AvgIpc) is 3.72. The molecule has 0 atom stereocenters. The molecule has 0 aliphatic heterocycles. The van der Waals surface area contributed by atoms with Crippen LogP contribution in [0.25, 0.3) is 51.9 Å². The van der Waals surface area contributed by atoms with Crippen LogP contribution in [0.4, 0.5) is 0 Å². The van der Waals surface area contributed by atoms with E-state index in [1.54, 1.807) is 0 Å². The van der Waals surface area contributed by atoms with Crippen LogP contribution in [0.2, 0.25) is 0 Å². The molecule has 0 bridgehead atoms. The fourth-order valence-corrected chi connectivity index (χ4v) is 5.64. The normalized spacial score (nSPS) is 14.9. The number of aromatic nitrogens is 5. The highest BCUT2D eigenvalue weighted by Crippen LogP contribution is 2.29. The molecular formula is C34H36N6. The SMILES string of the molecule is C=c1c(-c2nc3c(-c4cccc(C)c4)cccc3[nH]2)n[nH]/c1=C/C=C(\C)c1cncc(CNCC2CCCC2)c1. The van der Waals surface area contributed by atoms with Gasteiger partial charge in [0.2, 0.25) is 0 Å². The zero-order valence-corrected chi connectivity index (χ0v) is 23.3. The van der Waals surface area contributed by atoms with E-state index in [0.29, 0.717) is 5.82 Å². The maximum absolute atomic E-state index is 4.94. The highest BCUT2D eigenvalue weighted by molar-refractivity contribution is 5.93. The number of benzene rings is 2. The molecule has 0 amide bonds. The van der Waals surface area contributed by atoms with Gasteiger partial charge in [-0.25, -0.2) is 4.98 Å². The summed E-state index contributed by atoms with van der Waals surface area (Å²) < 4.78 is 0. The predicted molar refractivity (Wildman–Crippen MR) is 165 cm³/mol. The van der Waals surface area contributed by atoms with Crippen LogP contribution in [0.15, 0.2) is 67.0 Å². The van der Waals surface area contributed by atoms with Gasteiger partial charge >= 0.3 is 0 Å². The largest absolute Gasteiger partial charge is 0.337 e. The lowest BCUT2D eigenvalue weighted by Crippen LogP contribution is -2.21. The summed E-state index contributed by atoms with van der Waals surface area (Å²) in [6, 6.07) is 16.9. The van der Waals surface area contributed by atoms with E-state index in [1.807, 2.05) is 24.5 Å². The van der Waals surface area contributed by atoms with Gasteiger partial charge in [-0.3, -0.25) is 10.1 Å². The number of rotatable bonds is 8. The third-order valence-electron chi connectivity index (χ3n) is 7.95. The van der Waals surface area contributed by atoms with Crippen molar-refractivity contribution < 1.29 is 0 Å². The number of para-hydroxylation sites is 1. The Morgan fingerprint density at radius 1 is 1.10 bits per heavy atom. The Labute approximate surface area is 235 Å². The predicted octanol–water partition coefficient (Wildman–Crippen LogP) is 5.90. The Balaban J connectivity index is 1.22. The van der Waals surface area contributed by atoms with Crippen LogP contribution in [-0.2, 0) is 6.54 Å². The first-order chi connectivity index (χ1) is 19.5. The zero-order valence-electron chi connectivity index (χ0n) is 23.3. The second kappa shape index (κ2) is 11.4. The number of nitrogens with one attached hydrogen (secondary N) is 3. The lowest BCUT2D eigenvalue weighted by Gasteiger charge is -2.11. The zero-order chi connectivity index (χ0) is 27.5. The van der Waals surface area contributed by atoms with E-state index < -0.39 is 0 Å². The van der Waals surface area contributed by atoms with Crippen molar-refractivity contribution in [2.24, 2.45) is 5.92 Å². The number of aryl methyl sites for hydroxylation is 1. The molecule has 40 heavy (non-hydrogen) atoms. The molecular weight excluding hydrogens is 492 g/mol. The monoisotopic (exact) mass is 528 g/mol. The summed E-state index contributed by atoms with van der Waals surface area (Å²) in [7, 11) is 0. The van der Waals surface area contributed by atoms with E-state index in [2.05, 4.69) is 94.4 Å². The van der Waals surface area contributed by atoms with Crippen LogP contribution < -0.4 is 15.9 Å². The van der Waals surface area contributed by atoms with E-state index in [9.17, 15) is 0 Å². The molecule has 1 aliphatic rings. The molecule has 0 spiro atoms. The fourth-order valence-electron chi connectivity index (χ4n) is 5.64. The quantitative estimate of drug-likeness (QED) is 0.234. The van der Waals surface area contributed by atoms with E-state index in [-0.39, 0.29) is 0 Å². The third-order valence-corrected chi connectivity index (χ3v) is 7.95. The summed E-state index contributed by atoms with van der Waals surface area (Å²) in [6.07, 6.45) is 13.5. The van der Waals surface area contributed by atoms with Crippen LogP contribution in [0.3, 0.4) is 0 Å². The maximum Gasteiger partial charge on any atom is 0.159 e. The number of fused-ring (bicyclic) bond motifs is 1. The van der Waals surface area contributed by atoms with Gasteiger partial charge in [0.05, 0.1) is 16.4 Å². The van der Waals surface area contributed by atoms with Crippen molar-refractivity contribution in [2.75, 3.05) is 6.54 Å². The molecule has 1 fully saturated rings. The van der Waals surface area contributed by atoms with Crippen molar-refractivity contribution >= 4 is 29.3 Å². The van der Waals surface area contributed by atoms with Crippen LogP contribution in [-0.4, -0.2) is 31.7 Å². The van der Waals surface area contributed by atoms with Gasteiger partial charge in [0, 0.05) is 29.7 Å². The van der Waals surface area contributed by atoms with Crippen molar-refractivity contribution in [1.29, 1.82) is 0 Å². The van der Waals surface area contributed by atoms with Crippen molar-refractivity contribution in [3.8, 4) is 22.6 Å². The number of hydrogen-bond donors (Lipinski definition) is 3. The molecule has 0 radical (unpaired) electrons. The van der Waals surface area contributed by atoms with E-state index >= 15 is 0 Å². The molecule has 6 heteroatoms. The minimum atomic E-state index is 0.707. The van der Waals surface area contributed by atoms with Gasteiger partial charge in [0.1, 0.15) is 5.69 Å². The summed E-state index contributed by atoms with van der Waals surface area (Å²) in [5, 5.41) is 13.0. The van der Waals surface area contributed by atoms with Crippen molar-refractivity contribution in [3.63, 3.8) is 0 Å². The first kappa shape index (κ1) is 26.0. The van der Waals surface area contributed by atoms with Crippen molar-refractivity contribution in [2.45, 2.75) is 46.1 Å². The summed E-state index contributed by atoms with van der Waals surface area (Å²) in [6.45, 7) is 10.5. The number of aromatic amines is 2. The molecule has 6 rings (SSSR count). The number of imidazole rings is 1. The highest BCUT2D eigenvalue weighted by atomic mass is 15.1. The summed E-state index contributed by atoms with van der Waals surface area (Å²) in [4.78, 5) is 12.9. The summed E-state index contributed by atoms with van der Waals surface area (Å²) in [5.74, 6) is 1.54. The van der Waals surface area contributed by atoms with Gasteiger partial charge in [0.15, 0.2) is 5.82 Å². The lowest BCUT2D eigenvalue weighted by molar-refractivity contribution is 0.489. The van der Waals surface area contributed by atoms with Gasteiger partial charge in [0.25, 0.3) is 0 Å². The van der Waals surface area contributed by atoms with Gasteiger partial charge in [-0.2, -0.15) is 5.10 Å². The molecule has 5 aromatic rings. The van der Waals surface area contributed by atoms with Crippen LogP contribution in [0.5, 0.6) is 0 Å². The molecule has 3 heterocycles. The smallest absolute Gasteiger partial charge is 0.159 e. The Morgan fingerprint density at radius 3 is 2.80 bits per heavy atom. The number of allylic oxidation sites excluding steroid dienone is 2. The topological polar surface area (TPSA) is 82.3 Å². The van der Waals surface area contributed by atoms with E-state index in [0.717, 1.165) is 68.6 Å². The molecule has 6 nitrogen and oxygen atoms in total. The van der Waals surface area contributed by atoms with Gasteiger partial charge < -0.3 is 10.3 Å². The Morgan fingerprint density at radius 2 is 1.95 bits per heavy atom. The number of hydrogen-bond acceptors (Lipinski definition) is 4. The summed E-state index contributed by atoms with van der Waals surface area (Å²) in [5.41, 5.74) is 9.55. The van der Waals surface area contributed by atoms with Crippen LogP contribution in [0, 0.1) is 12.8 Å². The Hall–Kier alpha value is -4.29. The molecule has 3 aromatic heterocycles. The lowest BCUT2D eigenvalue weighted by atomic mass is 10.0. The Bertz CT molecular complexity index is 1780. The first-order valence-corrected chi connectivity index (χ1v) is 14.2. The van der Waals surface area contributed by atoms with Crippen molar-refractivity contribution in [1.82, 2.24) is 30.5 Å². The fraction of sp³-hybridized carbons (Fsp3) is 0.265. The minimum absolute atomic E-state index is 0.707. The first-order valence-electron chi connectivity index (χ1n) is 14.2. The molecule has 1 saturated carbocycles. The van der Waals surface area contributed by atoms with Crippen LogP contribution in [0.1, 0.15) is 49.3 Å². The second-order valence-electron chi connectivity index (χ2n) is 11.0. The molecule has 202 valence electrons.